The Hall–Kier alpha value is -2.22. The van der Waals surface area contributed by atoms with Crippen LogP contribution in [0.15, 0.2) is 10.9 Å². The van der Waals surface area contributed by atoms with Gasteiger partial charge in [0, 0.05) is 26.2 Å². The molecule has 1 aliphatic rings. The average Bonchev–Trinajstić information content (AvgIpc) is 2.89. The number of carbonyl (C=O) groups is 1. The molecule has 1 atom stereocenters. The van der Waals surface area contributed by atoms with Crippen LogP contribution in [0, 0.1) is 6.92 Å². The van der Waals surface area contributed by atoms with Crippen molar-refractivity contribution in [3.05, 3.63) is 12.0 Å². The maximum Gasteiger partial charge on any atom is 0.263 e. The van der Waals surface area contributed by atoms with E-state index in [0.29, 0.717) is 31.2 Å². The SMILES string of the molecule is CCNC(=O)C1CNCCN1c1ncnc2onc(C)c12. The first-order chi connectivity index (χ1) is 10.2. The highest BCUT2D eigenvalue weighted by Crippen LogP contribution is 2.27. The quantitative estimate of drug-likeness (QED) is 0.811. The molecule has 1 amide bonds. The van der Waals surface area contributed by atoms with Gasteiger partial charge in [-0.1, -0.05) is 5.16 Å². The number of nitrogens with one attached hydrogen (secondary N) is 2. The first kappa shape index (κ1) is 13.7. The number of aryl methyl sites for hydroxylation is 1. The Morgan fingerprint density at radius 1 is 1.57 bits per heavy atom. The monoisotopic (exact) mass is 290 g/mol. The van der Waals surface area contributed by atoms with Gasteiger partial charge in [0.15, 0.2) is 0 Å². The molecule has 8 heteroatoms. The highest BCUT2D eigenvalue weighted by Gasteiger charge is 2.31. The van der Waals surface area contributed by atoms with Gasteiger partial charge in [-0.2, -0.15) is 4.98 Å². The fraction of sp³-hybridized carbons (Fsp3) is 0.538. The Balaban J connectivity index is 2.02. The summed E-state index contributed by atoms with van der Waals surface area (Å²) in [6, 6.07) is -0.300. The molecule has 1 unspecified atom stereocenters. The predicted molar refractivity (Wildman–Crippen MR) is 77.0 cm³/mol. The molecule has 1 fully saturated rings. The van der Waals surface area contributed by atoms with E-state index in [2.05, 4.69) is 25.8 Å². The normalized spacial score (nSPS) is 19.0. The van der Waals surface area contributed by atoms with Crippen LogP contribution in [-0.2, 0) is 4.79 Å². The summed E-state index contributed by atoms with van der Waals surface area (Å²) in [4.78, 5) is 22.7. The van der Waals surface area contributed by atoms with E-state index in [1.165, 1.54) is 6.33 Å². The number of anilines is 1. The molecule has 0 bridgehead atoms. The van der Waals surface area contributed by atoms with E-state index in [9.17, 15) is 4.79 Å². The van der Waals surface area contributed by atoms with E-state index in [-0.39, 0.29) is 11.9 Å². The van der Waals surface area contributed by atoms with E-state index in [1.54, 1.807) is 0 Å². The molecular weight excluding hydrogens is 272 g/mol. The van der Waals surface area contributed by atoms with Gasteiger partial charge in [0.05, 0.1) is 5.69 Å². The highest BCUT2D eigenvalue weighted by molar-refractivity contribution is 5.92. The van der Waals surface area contributed by atoms with Crippen LogP contribution in [0.2, 0.25) is 0 Å². The van der Waals surface area contributed by atoms with E-state index in [1.807, 2.05) is 18.7 Å². The second-order valence-corrected chi connectivity index (χ2v) is 4.95. The van der Waals surface area contributed by atoms with Crippen LogP contribution < -0.4 is 15.5 Å². The van der Waals surface area contributed by atoms with Gasteiger partial charge in [-0.3, -0.25) is 4.79 Å². The summed E-state index contributed by atoms with van der Waals surface area (Å²) in [6.45, 7) is 6.44. The molecule has 8 nitrogen and oxygen atoms in total. The van der Waals surface area contributed by atoms with Crippen molar-refractivity contribution in [2.45, 2.75) is 19.9 Å². The van der Waals surface area contributed by atoms with Crippen molar-refractivity contribution in [3.63, 3.8) is 0 Å². The lowest BCUT2D eigenvalue weighted by atomic mass is 10.1. The van der Waals surface area contributed by atoms with Crippen molar-refractivity contribution in [2.24, 2.45) is 0 Å². The molecule has 2 N–H and O–H groups in total. The number of hydrogen-bond acceptors (Lipinski definition) is 7. The predicted octanol–water partition coefficient (Wildman–Crippen LogP) is -0.159. The Labute approximate surface area is 121 Å². The van der Waals surface area contributed by atoms with Gasteiger partial charge in [-0.15, -0.1) is 0 Å². The molecule has 1 aliphatic heterocycles. The fourth-order valence-electron chi connectivity index (χ4n) is 2.61. The fourth-order valence-corrected chi connectivity index (χ4v) is 2.61. The summed E-state index contributed by atoms with van der Waals surface area (Å²) in [7, 11) is 0. The Kier molecular flexibility index (Phi) is 3.70. The van der Waals surface area contributed by atoms with Gasteiger partial charge in [-0.05, 0) is 13.8 Å². The third-order valence-electron chi connectivity index (χ3n) is 3.59. The number of likely N-dealkylation sites (N-methyl/N-ethyl adjacent to an activating group) is 1. The largest absolute Gasteiger partial charge is 0.355 e. The molecule has 3 heterocycles. The standard InChI is InChI=1S/C13H18N6O2/c1-3-15-12(20)9-6-14-4-5-19(9)11-10-8(2)18-21-13(10)17-7-16-11/h7,9,14H,3-6H2,1-2H3,(H,15,20). The van der Waals surface area contributed by atoms with Crippen LogP contribution in [0.5, 0.6) is 0 Å². The molecule has 0 saturated carbocycles. The Bertz CT molecular complexity index is 655. The van der Waals surface area contributed by atoms with Crippen LogP contribution in [0.4, 0.5) is 5.82 Å². The summed E-state index contributed by atoms with van der Waals surface area (Å²) < 4.78 is 5.18. The summed E-state index contributed by atoms with van der Waals surface area (Å²) >= 11 is 0. The van der Waals surface area contributed by atoms with Gasteiger partial charge in [0.25, 0.3) is 5.71 Å². The van der Waals surface area contributed by atoms with Crippen LogP contribution in [0.25, 0.3) is 11.1 Å². The zero-order valence-electron chi connectivity index (χ0n) is 12.1. The smallest absolute Gasteiger partial charge is 0.263 e. The number of aromatic nitrogens is 3. The number of amides is 1. The summed E-state index contributed by atoms with van der Waals surface area (Å²) in [5.41, 5.74) is 1.18. The van der Waals surface area contributed by atoms with Crippen molar-refractivity contribution in [2.75, 3.05) is 31.1 Å². The second kappa shape index (κ2) is 5.65. The van der Waals surface area contributed by atoms with Crippen LogP contribution in [-0.4, -0.2) is 53.3 Å². The molecule has 112 valence electrons. The van der Waals surface area contributed by atoms with E-state index >= 15 is 0 Å². The van der Waals surface area contributed by atoms with E-state index < -0.39 is 0 Å². The maximum absolute atomic E-state index is 12.3. The summed E-state index contributed by atoms with van der Waals surface area (Å²) in [5, 5.41) is 10.8. The number of piperazine rings is 1. The van der Waals surface area contributed by atoms with Crippen LogP contribution in [0.1, 0.15) is 12.6 Å². The third kappa shape index (κ3) is 2.42. The molecular formula is C13H18N6O2. The second-order valence-electron chi connectivity index (χ2n) is 4.95. The van der Waals surface area contributed by atoms with Gasteiger partial charge in [-0.25, -0.2) is 4.98 Å². The first-order valence-corrected chi connectivity index (χ1v) is 7.04. The summed E-state index contributed by atoms with van der Waals surface area (Å²) in [6.07, 6.45) is 1.44. The molecule has 0 aliphatic carbocycles. The lowest BCUT2D eigenvalue weighted by molar-refractivity contribution is -0.122. The molecule has 2 aromatic rings. The van der Waals surface area contributed by atoms with E-state index in [4.69, 9.17) is 4.52 Å². The lowest BCUT2D eigenvalue weighted by Gasteiger charge is -2.36. The zero-order valence-corrected chi connectivity index (χ0v) is 12.1. The molecule has 3 rings (SSSR count). The Morgan fingerprint density at radius 3 is 3.24 bits per heavy atom. The number of carbonyl (C=O) groups excluding carboxylic acids is 1. The van der Waals surface area contributed by atoms with Gasteiger partial charge in [0.2, 0.25) is 5.91 Å². The molecule has 21 heavy (non-hydrogen) atoms. The average molecular weight is 290 g/mol. The number of nitrogens with zero attached hydrogens (tertiary/aromatic N) is 4. The number of fused-ring (bicyclic) bond motifs is 1. The lowest BCUT2D eigenvalue weighted by Crippen LogP contribution is -2.58. The van der Waals surface area contributed by atoms with Crippen molar-refractivity contribution < 1.29 is 9.32 Å². The topological polar surface area (TPSA) is 96.2 Å². The van der Waals surface area contributed by atoms with Gasteiger partial charge in [0.1, 0.15) is 23.6 Å². The highest BCUT2D eigenvalue weighted by atomic mass is 16.5. The first-order valence-electron chi connectivity index (χ1n) is 7.04. The zero-order chi connectivity index (χ0) is 14.8. The van der Waals surface area contributed by atoms with Gasteiger partial charge >= 0.3 is 0 Å². The van der Waals surface area contributed by atoms with Crippen LogP contribution >= 0.6 is 0 Å². The Morgan fingerprint density at radius 2 is 2.43 bits per heavy atom. The van der Waals surface area contributed by atoms with Crippen molar-refractivity contribution in [1.82, 2.24) is 25.8 Å². The molecule has 0 spiro atoms. The van der Waals surface area contributed by atoms with Crippen molar-refractivity contribution in [3.8, 4) is 0 Å². The van der Waals surface area contributed by atoms with Crippen molar-refractivity contribution in [1.29, 1.82) is 0 Å². The maximum atomic E-state index is 12.3. The van der Waals surface area contributed by atoms with E-state index in [0.717, 1.165) is 17.6 Å². The molecule has 0 aromatic carbocycles. The molecule has 1 saturated heterocycles. The third-order valence-corrected chi connectivity index (χ3v) is 3.59. The number of rotatable bonds is 3. The number of hydrogen-bond donors (Lipinski definition) is 2. The van der Waals surface area contributed by atoms with Crippen molar-refractivity contribution >= 4 is 22.8 Å². The van der Waals surface area contributed by atoms with Gasteiger partial charge < -0.3 is 20.1 Å². The molecule has 2 aromatic heterocycles. The minimum Gasteiger partial charge on any atom is -0.355 e. The molecule has 0 radical (unpaired) electrons. The minimum atomic E-state index is -0.300. The minimum absolute atomic E-state index is 0.00873. The summed E-state index contributed by atoms with van der Waals surface area (Å²) in [5.74, 6) is 0.696. The van der Waals surface area contributed by atoms with Crippen LogP contribution in [0.3, 0.4) is 0 Å².